The summed E-state index contributed by atoms with van der Waals surface area (Å²) in [4.78, 5) is 14.9. The van der Waals surface area contributed by atoms with E-state index in [0.29, 0.717) is 11.8 Å². The molecule has 0 amide bonds. The zero-order valence-corrected chi connectivity index (χ0v) is 10.7. The van der Waals surface area contributed by atoms with Gasteiger partial charge in [-0.2, -0.15) is 0 Å². The zero-order chi connectivity index (χ0) is 14.0. The van der Waals surface area contributed by atoms with Crippen molar-refractivity contribution in [2.24, 2.45) is 0 Å². The van der Waals surface area contributed by atoms with Gasteiger partial charge in [0, 0.05) is 11.4 Å². The number of carboxylic acids is 1. The molecule has 100 valence electrons. The van der Waals surface area contributed by atoms with Crippen LogP contribution in [0.15, 0.2) is 17.5 Å². The molecule has 19 heavy (non-hydrogen) atoms. The molecule has 1 aromatic carbocycles. The topological polar surface area (TPSA) is 62.2 Å². The van der Waals surface area contributed by atoms with Crippen LogP contribution in [-0.2, 0) is 6.54 Å². The zero-order valence-electron chi connectivity index (χ0n) is 9.91. The van der Waals surface area contributed by atoms with Gasteiger partial charge in [0.1, 0.15) is 11.6 Å². The molecule has 0 unspecified atom stereocenters. The van der Waals surface area contributed by atoms with E-state index in [0.717, 1.165) is 11.1 Å². The molecule has 2 aromatic rings. The number of anilines is 1. The Morgan fingerprint density at radius 3 is 2.74 bits per heavy atom. The lowest BCUT2D eigenvalue weighted by Gasteiger charge is -2.08. The molecule has 0 saturated carbocycles. The van der Waals surface area contributed by atoms with Gasteiger partial charge in [-0.1, -0.05) is 0 Å². The number of thiazole rings is 1. The maximum Gasteiger partial charge on any atom is 0.338 e. The first-order valence-corrected chi connectivity index (χ1v) is 6.22. The smallest absolute Gasteiger partial charge is 0.338 e. The van der Waals surface area contributed by atoms with Crippen LogP contribution in [-0.4, -0.2) is 16.1 Å². The first-order valence-electron chi connectivity index (χ1n) is 5.34. The first-order chi connectivity index (χ1) is 8.97. The van der Waals surface area contributed by atoms with E-state index >= 15 is 0 Å². The minimum atomic E-state index is -1.44. The van der Waals surface area contributed by atoms with E-state index in [9.17, 15) is 13.6 Å². The Balaban J connectivity index is 2.20. The lowest BCUT2D eigenvalue weighted by atomic mass is 10.1. The Morgan fingerprint density at radius 2 is 2.16 bits per heavy atom. The van der Waals surface area contributed by atoms with Crippen molar-refractivity contribution < 1.29 is 18.7 Å². The van der Waals surface area contributed by atoms with Gasteiger partial charge >= 0.3 is 5.97 Å². The number of halogens is 2. The summed E-state index contributed by atoms with van der Waals surface area (Å²) in [6.45, 7) is 2.08. The fraction of sp³-hybridized carbons (Fsp3) is 0.167. The Bertz CT molecular complexity index is 628. The number of carbonyl (C=O) groups is 1. The van der Waals surface area contributed by atoms with Crippen molar-refractivity contribution in [3.8, 4) is 0 Å². The standard InChI is InChI=1S/C12H10F2N2O2S/c1-6-16-7(5-19-6)4-15-11-2-8(12(17)18)9(13)3-10(11)14/h2-3,5,15H,4H2,1H3,(H,17,18). The monoisotopic (exact) mass is 284 g/mol. The quantitative estimate of drug-likeness (QED) is 0.906. The molecule has 0 atom stereocenters. The first kappa shape index (κ1) is 13.4. The third-order valence-electron chi connectivity index (χ3n) is 2.41. The van der Waals surface area contributed by atoms with Crippen molar-refractivity contribution >= 4 is 23.0 Å². The average molecular weight is 284 g/mol. The van der Waals surface area contributed by atoms with Crippen LogP contribution < -0.4 is 5.32 Å². The summed E-state index contributed by atoms with van der Waals surface area (Å²) in [6, 6.07) is 1.49. The molecule has 2 rings (SSSR count). The van der Waals surface area contributed by atoms with Crippen LogP contribution >= 0.6 is 11.3 Å². The van der Waals surface area contributed by atoms with E-state index in [4.69, 9.17) is 5.11 Å². The van der Waals surface area contributed by atoms with Gasteiger partial charge in [-0.05, 0) is 13.0 Å². The number of carboxylic acid groups (broad SMARTS) is 1. The summed E-state index contributed by atoms with van der Waals surface area (Å²) in [5.74, 6) is -3.38. The van der Waals surface area contributed by atoms with E-state index in [1.54, 1.807) is 0 Å². The van der Waals surface area contributed by atoms with Crippen molar-refractivity contribution in [1.29, 1.82) is 0 Å². The predicted octanol–water partition coefficient (Wildman–Crippen LogP) is 3.04. The summed E-state index contributed by atoms with van der Waals surface area (Å²) in [7, 11) is 0. The molecule has 1 aromatic heterocycles. The van der Waals surface area contributed by atoms with Gasteiger partial charge in [-0.3, -0.25) is 0 Å². The largest absolute Gasteiger partial charge is 0.478 e. The SMILES string of the molecule is Cc1nc(CNc2cc(C(=O)O)c(F)cc2F)cs1. The third-order valence-corrected chi connectivity index (χ3v) is 3.24. The Kier molecular flexibility index (Phi) is 3.75. The number of aryl methyl sites for hydroxylation is 1. The van der Waals surface area contributed by atoms with Crippen molar-refractivity contribution in [3.63, 3.8) is 0 Å². The van der Waals surface area contributed by atoms with E-state index in [1.807, 2.05) is 12.3 Å². The molecule has 0 spiro atoms. The molecule has 0 aliphatic rings. The van der Waals surface area contributed by atoms with Crippen molar-refractivity contribution in [2.45, 2.75) is 13.5 Å². The van der Waals surface area contributed by atoms with Crippen molar-refractivity contribution in [2.75, 3.05) is 5.32 Å². The molecule has 1 heterocycles. The second-order valence-electron chi connectivity index (χ2n) is 3.83. The minimum Gasteiger partial charge on any atom is -0.478 e. The molecule has 0 saturated heterocycles. The van der Waals surface area contributed by atoms with E-state index < -0.39 is 23.2 Å². The van der Waals surface area contributed by atoms with Crippen LogP contribution in [0.3, 0.4) is 0 Å². The Hall–Kier alpha value is -2.02. The molecule has 0 bridgehead atoms. The predicted molar refractivity (Wildman–Crippen MR) is 67.5 cm³/mol. The van der Waals surface area contributed by atoms with Gasteiger partial charge < -0.3 is 10.4 Å². The number of aromatic nitrogens is 1. The van der Waals surface area contributed by atoms with Gasteiger partial charge in [0.15, 0.2) is 0 Å². The number of nitrogens with one attached hydrogen (secondary N) is 1. The van der Waals surface area contributed by atoms with Crippen molar-refractivity contribution in [1.82, 2.24) is 4.98 Å². The normalized spacial score (nSPS) is 10.5. The summed E-state index contributed by atoms with van der Waals surface area (Å²) in [6.07, 6.45) is 0. The minimum absolute atomic E-state index is 0.0653. The highest BCUT2D eigenvalue weighted by atomic mass is 32.1. The van der Waals surface area contributed by atoms with Gasteiger partial charge in [0.05, 0.1) is 28.5 Å². The van der Waals surface area contributed by atoms with Crippen LogP contribution in [0, 0.1) is 18.6 Å². The van der Waals surface area contributed by atoms with Crippen LogP contribution in [0.4, 0.5) is 14.5 Å². The fourth-order valence-corrected chi connectivity index (χ4v) is 2.14. The average Bonchev–Trinajstić information content (AvgIpc) is 2.73. The highest BCUT2D eigenvalue weighted by Crippen LogP contribution is 2.20. The molecule has 0 fully saturated rings. The molecular weight excluding hydrogens is 274 g/mol. The molecule has 0 aliphatic heterocycles. The molecule has 0 radical (unpaired) electrons. The van der Waals surface area contributed by atoms with Crippen LogP contribution in [0.1, 0.15) is 21.1 Å². The summed E-state index contributed by atoms with van der Waals surface area (Å²) < 4.78 is 26.7. The number of benzene rings is 1. The van der Waals surface area contributed by atoms with Crippen LogP contribution in [0.2, 0.25) is 0 Å². The third kappa shape index (κ3) is 3.05. The lowest BCUT2D eigenvalue weighted by Crippen LogP contribution is -2.07. The molecule has 2 N–H and O–H groups in total. The fourth-order valence-electron chi connectivity index (χ4n) is 1.52. The number of rotatable bonds is 4. The highest BCUT2D eigenvalue weighted by Gasteiger charge is 2.15. The Morgan fingerprint density at radius 1 is 1.42 bits per heavy atom. The molecular formula is C12H10F2N2O2S. The number of aromatic carboxylic acids is 1. The van der Waals surface area contributed by atoms with Gasteiger partial charge in [0.2, 0.25) is 0 Å². The number of hydrogen-bond donors (Lipinski definition) is 2. The summed E-state index contributed by atoms with van der Waals surface area (Å²) in [5.41, 5.74) is 0.0749. The summed E-state index contributed by atoms with van der Waals surface area (Å²) in [5, 5.41) is 14.2. The van der Waals surface area contributed by atoms with Gasteiger partial charge in [-0.15, -0.1) is 11.3 Å². The van der Waals surface area contributed by atoms with Crippen LogP contribution in [0.25, 0.3) is 0 Å². The van der Waals surface area contributed by atoms with E-state index in [1.165, 1.54) is 11.3 Å². The molecule has 7 heteroatoms. The second-order valence-corrected chi connectivity index (χ2v) is 4.89. The maximum atomic E-state index is 13.5. The van der Waals surface area contributed by atoms with Gasteiger partial charge in [0.25, 0.3) is 0 Å². The van der Waals surface area contributed by atoms with E-state index in [2.05, 4.69) is 10.3 Å². The summed E-state index contributed by atoms with van der Waals surface area (Å²) >= 11 is 1.46. The van der Waals surface area contributed by atoms with E-state index in [-0.39, 0.29) is 12.2 Å². The number of nitrogens with zero attached hydrogens (tertiary/aromatic N) is 1. The highest BCUT2D eigenvalue weighted by molar-refractivity contribution is 7.09. The van der Waals surface area contributed by atoms with Gasteiger partial charge in [-0.25, -0.2) is 18.6 Å². The molecule has 0 aliphatic carbocycles. The number of hydrogen-bond acceptors (Lipinski definition) is 4. The van der Waals surface area contributed by atoms with Crippen molar-refractivity contribution in [3.05, 3.63) is 45.4 Å². The maximum absolute atomic E-state index is 13.5. The lowest BCUT2D eigenvalue weighted by molar-refractivity contribution is 0.0692. The molecule has 4 nitrogen and oxygen atoms in total. The van der Waals surface area contributed by atoms with Crippen LogP contribution in [0.5, 0.6) is 0 Å². The Labute approximate surface area is 111 Å². The second kappa shape index (κ2) is 5.31.